The summed E-state index contributed by atoms with van der Waals surface area (Å²) >= 11 is 1.98. The molecule has 1 aliphatic heterocycles. The molecule has 0 aromatic carbocycles. The number of aryl methyl sites for hydroxylation is 2. The zero-order valence-electron chi connectivity index (χ0n) is 8.34. The fraction of sp³-hybridized carbons (Fsp3) is 0.636. The number of piperidine rings is 1. The average molecular weight is 194 g/mol. The van der Waals surface area contributed by atoms with Gasteiger partial charge in [0.1, 0.15) is 0 Å². The van der Waals surface area contributed by atoms with E-state index in [4.69, 9.17) is 0 Å². The molecule has 2 rings (SSSR count). The minimum absolute atomic E-state index is 0.801. The maximum atomic E-state index is 4.39. The van der Waals surface area contributed by atoms with Crippen LogP contribution in [-0.2, 0) is 0 Å². The van der Waals surface area contributed by atoms with Gasteiger partial charge in [-0.05, 0) is 44.2 Å². The van der Waals surface area contributed by atoms with Gasteiger partial charge in [-0.2, -0.15) is 0 Å². The normalized spacial score (nSPS) is 19.2. The molecule has 0 saturated carbocycles. The van der Waals surface area contributed by atoms with Crippen molar-refractivity contribution in [2.24, 2.45) is 0 Å². The van der Waals surface area contributed by atoms with Gasteiger partial charge in [-0.1, -0.05) is 0 Å². The summed E-state index contributed by atoms with van der Waals surface area (Å²) in [5.74, 6) is 0.801. The molecular formula is C11H16NS. The van der Waals surface area contributed by atoms with E-state index in [0.29, 0.717) is 0 Å². The van der Waals surface area contributed by atoms with Crippen molar-refractivity contribution in [1.82, 2.24) is 5.32 Å². The highest BCUT2D eigenvalue weighted by Crippen LogP contribution is 2.32. The number of nitrogens with zero attached hydrogens (tertiary/aromatic N) is 1. The third-order valence-corrected chi connectivity index (χ3v) is 4.17. The first-order chi connectivity index (χ1) is 6.27. The van der Waals surface area contributed by atoms with E-state index in [2.05, 4.69) is 25.2 Å². The fourth-order valence-electron chi connectivity index (χ4n) is 1.84. The van der Waals surface area contributed by atoms with Gasteiger partial charge >= 0.3 is 0 Å². The van der Waals surface area contributed by atoms with Crippen LogP contribution in [0.1, 0.15) is 34.1 Å². The van der Waals surface area contributed by atoms with Crippen LogP contribution in [0, 0.1) is 13.8 Å². The van der Waals surface area contributed by atoms with Crippen molar-refractivity contribution in [2.45, 2.75) is 32.6 Å². The molecule has 0 aliphatic carbocycles. The summed E-state index contributed by atoms with van der Waals surface area (Å²) in [7, 11) is 0. The predicted molar refractivity (Wildman–Crippen MR) is 57.6 cm³/mol. The molecule has 1 nitrogen and oxygen atoms in total. The molecular weight excluding hydrogens is 178 g/mol. The maximum Gasteiger partial charge on any atom is 0.0139 e. The van der Waals surface area contributed by atoms with Crippen LogP contribution in [0.3, 0.4) is 0 Å². The highest BCUT2D eigenvalue weighted by Gasteiger charge is 2.17. The summed E-state index contributed by atoms with van der Waals surface area (Å²) in [6.45, 7) is 6.57. The van der Waals surface area contributed by atoms with Gasteiger partial charge in [0, 0.05) is 22.8 Å². The molecule has 0 bridgehead atoms. The van der Waals surface area contributed by atoms with Crippen LogP contribution in [0.15, 0.2) is 6.07 Å². The monoisotopic (exact) mass is 194 g/mol. The third-order valence-electron chi connectivity index (χ3n) is 2.86. The molecule has 1 radical (unpaired) electrons. The van der Waals surface area contributed by atoms with Crippen LogP contribution >= 0.6 is 11.3 Å². The maximum absolute atomic E-state index is 4.39. The summed E-state index contributed by atoms with van der Waals surface area (Å²) in [4.78, 5) is 3.07. The molecule has 1 aromatic rings. The molecule has 1 saturated heterocycles. The van der Waals surface area contributed by atoms with Gasteiger partial charge in [0.25, 0.3) is 0 Å². The van der Waals surface area contributed by atoms with Gasteiger partial charge < -0.3 is 0 Å². The zero-order valence-corrected chi connectivity index (χ0v) is 9.16. The minimum Gasteiger partial charge on any atom is -0.242 e. The Balaban J connectivity index is 2.14. The van der Waals surface area contributed by atoms with Crippen molar-refractivity contribution in [3.05, 3.63) is 21.4 Å². The Morgan fingerprint density at radius 2 is 2.00 bits per heavy atom. The Kier molecular flexibility index (Phi) is 2.70. The Morgan fingerprint density at radius 1 is 1.31 bits per heavy atom. The minimum atomic E-state index is 0.801. The van der Waals surface area contributed by atoms with Crippen molar-refractivity contribution in [3.63, 3.8) is 0 Å². The standard InChI is InChI=1S/C11H16NS/c1-8-7-11(13-9(8)2)10-3-5-12-6-4-10/h7,10H,3-6H2,1-2H3. The highest BCUT2D eigenvalue weighted by atomic mass is 32.1. The van der Waals surface area contributed by atoms with E-state index in [1.54, 1.807) is 4.88 Å². The molecule has 0 atom stereocenters. The van der Waals surface area contributed by atoms with Crippen LogP contribution in [0.25, 0.3) is 0 Å². The molecule has 71 valence electrons. The topological polar surface area (TPSA) is 14.1 Å². The Morgan fingerprint density at radius 3 is 2.54 bits per heavy atom. The van der Waals surface area contributed by atoms with Crippen molar-refractivity contribution in [1.29, 1.82) is 0 Å². The first-order valence-corrected chi connectivity index (χ1v) is 5.79. The Bertz CT molecular complexity index is 265. The molecule has 1 aromatic heterocycles. The molecule has 1 aliphatic rings. The van der Waals surface area contributed by atoms with Crippen molar-refractivity contribution < 1.29 is 0 Å². The molecule has 2 heteroatoms. The van der Waals surface area contributed by atoms with Gasteiger partial charge in [0.2, 0.25) is 0 Å². The SMILES string of the molecule is Cc1cc(C2CC[N]CC2)sc1C. The molecule has 0 amide bonds. The second-order valence-corrected chi connectivity index (χ2v) is 5.12. The molecule has 1 fully saturated rings. The smallest absolute Gasteiger partial charge is 0.0139 e. The lowest BCUT2D eigenvalue weighted by molar-refractivity contribution is 0.458. The lowest BCUT2D eigenvalue weighted by atomic mass is 9.96. The first kappa shape index (κ1) is 9.22. The molecule has 2 heterocycles. The van der Waals surface area contributed by atoms with Crippen LogP contribution < -0.4 is 5.32 Å². The quantitative estimate of drug-likeness (QED) is 0.652. The molecule has 13 heavy (non-hydrogen) atoms. The van der Waals surface area contributed by atoms with Crippen LogP contribution in [-0.4, -0.2) is 13.1 Å². The first-order valence-electron chi connectivity index (χ1n) is 4.97. The predicted octanol–water partition coefficient (Wildman–Crippen LogP) is 2.85. The molecule has 0 N–H and O–H groups in total. The van der Waals surface area contributed by atoms with Crippen LogP contribution in [0.5, 0.6) is 0 Å². The van der Waals surface area contributed by atoms with Crippen molar-refractivity contribution in [3.8, 4) is 0 Å². The zero-order chi connectivity index (χ0) is 9.26. The van der Waals surface area contributed by atoms with E-state index in [1.165, 1.54) is 23.3 Å². The Labute approximate surface area is 84.2 Å². The largest absolute Gasteiger partial charge is 0.242 e. The van der Waals surface area contributed by atoms with Crippen molar-refractivity contribution in [2.75, 3.05) is 13.1 Å². The number of thiophene rings is 1. The summed E-state index contributed by atoms with van der Waals surface area (Å²) < 4.78 is 0. The van der Waals surface area contributed by atoms with E-state index in [9.17, 15) is 0 Å². The van der Waals surface area contributed by atoms with Crippen LogP contribution in [0.4, 0.5) is 0 Å². The number of rotatable bonds is 1. The third kappa shape index (κ3) is 1.94. The van der Waals surface area contributed by atoms with E-state index in [1.807, 2.05) is 11.3 Å². The lowest BCUT2D eigenvalue weighted by Crippen LogP contribution is -2.20. The molecule has 0 unspecified atom stereocenters. The number of hydrogen-bond acceptors (Lipinski definition) is 1. The van der Waals surface area contributed by atoms with Gasteiger partial charge in [0.15, 0.2) is 0 Å². The van der Waals surface area contributed by atoms with E-state index < -0.39 is 0 Å². The summed E-state index contributed by atoms with van der Waals surface area (Å²) in [5, 5.41) is 4.39. The average Bonchev–Trinajstić information content (AvgIpc) is 2.49. The van der Waals surface area contributed by atoms with E-state index >= 15 is 0 Å². The summed E-state index contributed by atoms with van der Waals surface area (Å²) in [6, 6.07) is 2.37. The fourth-order valence-corrected chi connectivity index (χ4v) is 3.05. The second kappa shape index (κ2) is 3.81. The summed E-state index contributed by atoms with van der Waals surface area (Å²) in [5.41, 5.74) is 1.46. The van der Waals surface area contributed by atoms with Gasteiger partial charge in [-0.3, -0.25) is 0 Å². The second-order valence-electron chi connectivity index (χ2n) is 3.83. The highest BCUT2D eigenvalue weighted by molar-refractivity contribution is 7.12. The van der Waals surface area contributed by atoms with Gasteiger partial charge in [0.05, 0.1) is 0 Å². The van der Waals surface area contributed by atoms with E-state index in [-0.39, 0.29) is 0 Å². The van der Waals surface area contributed by atoms with Crippen molar-refractivity contribution >= 4 is 11.3 Å². The lowest BCUT2D eigenvalue weighted by Gasteiger charge is -2.19. The summed E-state index contributed by atoms with van der Waals surface area (Å²) in [6.07, 6.45) is 2.53. The van der Waals surface area contributed by atoms with Crippen LogP contribution in [0.2, 0.25) is 0 Å². The van der Waals surface area contributed by atoms with Gasteiger partial charge in [-0.25, -0.2) is 5.32 Å². The van der Waals surface area contributed by atoms with E-state index in [0.717, 1.165) is 19.0 Å². The Hall–Kier alpha value is -0.340. The van der Waals surface area contributed by atoms with Gasteiger partial charge in [-0.15, -0.1) is 11.3 Å². The number of hydrogen-bond donors (Lipinski definition) is 0. The molecule has 0 spiro atoms.